The Balaban J connectivity index is 1.51. The number of nitrogens with zero attached hydrogens (tertiary/aromatic N) is 2. The lowest BCUT2D eigenvalue weighted by Crippen LogP contribution is -2.48. The summed E-state index contributed by atoms with van der Waals surface area (Å²) in [4.78, 5) is 20.4. The van der Waals surface area contributed by atoms with Gasteiger partial charge >= 0.3 is 0 Å². The lowest BCUT2D eigenvalue weighted by atomic mass is 9.91. The normalized spacial score (nSPS) is 19.9. The fourth-order valence-corrected chi connectivity index (χ4v) is 4.61. The molecule has 7 heteroatoms. The van der Waals surface area contributed by atoms with Crippen molar-refractivity contribution in [2.75, 3.05) is 26.7 Å². The molecule has 1 aromatic carbocycles. The topological polar surface area (TPSA) is 66.0 Å². The Bertz CT molecular complexity index is 867. The van der Waals surface area contributed by atoms with Gasteiger partial charge in [-0.25, -0.2) is 0 Å². The van der Waals surface area contributed by atoms with Gasteiger partial charge in [0.05, 0.1) is 12.2 Å². The lowest BCUT2D eigenvalue weighted by Gasteiger charge is -2.35. The third-order valence-electron chi connectivity index (χ3n) is 5.48. The molecule has 1 aliphatic heterocycles. The van der Waals surface area contributed by atoms with Crippen molar-refractivity contribution < 1.29 is 9.53 Å². The van der Waals surface area contributed by atoms with Gasteiger partial charge in [0.15, 0.2) is 5.96 Å². The van der Waals surface area contributed by atoms with Crippen LogP contribution in [0.1, 0.15) is 48.5 Å². The van der Waals surface area contributed by atoms with Crippen LogP contribution in [0.4, 0.5) is 0 Å². The number of carbonyl (C=O) groups excluding carboxylic acids is 1. The number of nitrogens with one attached hydrogen (secondary N) is 2. The van der Waals surface area contributed by atoms with E-state index in [1.54, 1.807) is 18.4 Å². The fraction of sp³-hybridized carbons (Fsp3) is 0.500. The molecule has 0 bridgehead atoms. The maximum atomic E-state index is 12.8. The highest BCUT2D eigenvalue weighted by Gasteiger charge is 2.26. The summed E-state index contributed by atoms with van der Waals surface area (Å²) in [6.45, 7) is 11.2. The van der Waals surface area contributed by atoms with Crippen LogP contribution in [0.15, 0.2) is 46.8 Å². The van der Waals surface area contributed by atoms with Crippen molar-refractivity contribution in [2.24, 2.45) is 4.99 Å². The van der Waals surface area contributed by atoms with Crippen LogP contribution in [0.5, 0.6) is 0 Å². The van der Waals surface area contributed by atoms with Crippen LogP contribution in [-0.4, -0.2) is 55.7 Å². The number of thiophene rings is 1. The largest absolute Gasteiger partial charge is 0.372 e. The molecule has 0 spiro atoms. The van der Waals surface area contributed by atoms with Gasteiger partial charge in [-0.1, -0.05) is 32.0 Å². The molecule has 6 nitrogen and oxygen atoms in total. The number of amides is 1. The number of benzene rings is 1. The molecule has 2 atom stereocenters. The van der Waals surface area contributed by atoms with E-state index in [0.717, 1.165) is 18.1 Å². The van der Waals surface area contributed by atoms with E-state index in [2.05, 4.69) is 47.0 Å². The van der Waals surface area contributed by atoms with Crippen molar-refractivity contribution in [1.29, 1.82) is 0 Å². The second kappa shape index (κ2) is 10.3. The Morgan fingerprint density at radius 1 is 1.16 bits per heavy atom. The van der Waals surface area contributed by atoms with Crippen LogP contribution in [0, 0.1) is 0 Å². The third-order valence-corrected chi connectivity index (χ3v) is 6.71. The zero-order valence-corrected chi connectivity index (χ0v) is 20.0. The Morgan fingerprint density at radius 2 is 1.84 bits per heavy atom. The van der Waals surface area contributed by atoms with Crippen LogP contribution >= 0.6 is 11.3 Å². The van der Waals surface area contributed by atoms with E-state index < -0.39 is 0 Å². The average molecular weight is 443 g/mol. The van der Waals surface area contributed by atoms with E-state index in [4.69, 9.17) is 4.74 Å². The molecule has 1 aromatic heterocycles. The fourth-order valence-electron chi connectivity index (χ4n) is 3.75. The first-order valence-electron chi connectivity index (χ1n) is 10.8. The van der Waals surface area contributed by atoms with Crippen molar-refractivity contribution in [3.05, 3.63) is 57.8 Å². The molecule has 2 heterocycles. The number of hydrogen-bond acceptors (Lipinski definition) is 4. The molecule has 1 aliphatic rings. The summed E-state index contributed by atoms with van der Waals surface area (Å²) in [7, 11) is 1.78. The molecular weight excluding hydrogens is 408 g/mol. The zero-order valence-electron chi connectivity index (χ0n) is 19.1. The Labute approximate surface area is 189 Å². The van der Waals surface area contributed by atoms with E-state index in [0.29, 0.717) is 25.2 Å². The molecule has 2 aromatic rings. The van der Waals surface area contributed by atoms with Gasteiger partial charge in [0.25, 0.3) is 5.91 Å². The van der Waals surface area contributed by atoms with Crippen LogP contribution in [0.3, 0.4) is 0 Å². The zero-order chi connectivity index (χ0) is 22.4. The number of hydrogen-bond donors (Lipinski definition) is 2. The number of ether oxygens (including phenoxy) is 1. The molecule has 0 radical (unpaired) electrons. The average Bonchev–Trinajstić information content (AvgIpc) is 3.29. The van der Waals surface area contributed by atoms with Gasteiger partial charge in [-0.2, -0.15) is 0 Å². The van der Waals surface area contributed by atoms with Gasteiger partial charge in [-0.15, -0.1) is 11.3 Å². The van der Waals surface area contributed by atoms with Crippen molar-refractivity contribution >= 4 is 23.2 Å². The van der Waals surface area contributed by atoms with Gasteiger partial charge < -0.3 is 20.3 Å². The first-order valence-corrected chi connectivity index (χ1v) is 11.7. The highest BCUT2D eigenvalue weighted by atomic mass is 32.1. The van der Waals surface area contributed by atoms with Crippen LogP contribution in [-0.2, 0) is 16.7 Å². The minimum Gasteiger partial charge on any atom is -0.372 e. The third kappa shape index (κ3) is 6.31. The van der Waals surface area contributed by atoms with Gasteiger partial charge in [-0.05, 0) is 43.0 Å². The quantitative estimate of drug-likeness (QED) is 0.530. The second-order valence-electron chi connectivity index (χ2n) is 8.80. The first kappa shape index (κ1) is 23.3. The molecule has 1 fully saturated rings. The SMILES string of the molecule is CN=C(NCc1ccc(C(=O)N2CC(C)OC(C)C2)cc1)NCC(C)(C)c1cccs1. The number of guanidine groups is 1. The van der Waals surface area contributed by atoms with Crippen molar-refractivity contribution in [1.82, 2.24) is 15.5 Å². The maximum absolute atomic E-state index is 12.8. The monoisotopic (exact) mass is 442 g/mol. The number of carbonyl (C=O) groups is 1. The smallest absolute Gasteiger partial charge is 0.254 e. The van der Waals surface area contributed by atoms with E-state index in [9.17, 15) is 4.79 Å². The van der Waals surface area contributed by atoms with E-state index >= 15 is 0 Å². The molecule has 0 saturated carbocycles. The Kier molecular flexibility index (Phi) is 7.73. The minimum atomic E-state index is 0.0300. The molecule has 0 aliphatic carbocycles. The minimum absolute atomic E-state index is 0.0300. The van der Waals surface area contributed by atoms with Crippen LogP contribution in [0.2, 0.25) is 0 Å². The van der Waals surface area contributed by atoms with Crippen molar-refractivity contribution in [2.45, 2.75) is 51.9 Å². The van der Waals surface area contributed by atoms with Crippen LogP contribution < -0.4 is 10.6 Å². The summed E-state index contributed by atoms with van der Waals surface area (Å²) in [6, 6.07) is 12.1. The van der Waals surface area contributed by atoms with E-state index in [1.165, 1.54) is 4.88 Å². The molecule has 1 saturated heterocycles. The molecule has 1 amide bonds. The number of morpholine rings is 1. The molecule has 2 unspecified atom stereocenters. The molecule has 3 rings (SSSR count). The summed E-state index contributed by atoms with van der Waals surface area (Å²) in [5.74, 6) is 0.830. The lowest BCUT2D eigenvalue weighted by molar-refractivity contribution is -0.0586. The number of rotatable bonds is 6. The van der Waals surface area contributed by atoms with Crippen molar-refractivity contribution in [3.8, 4) is 0 Å². The summed E-state index contributed by atoms with van der Waals surface area (Å²) >= 11 is 1.78. The molecule has 168 valence electrons. The molecular formula is C24H34N4O2S. The van der Waals surface area contributed by atoms with E-state index in [-0.39, 0.29) is 23.5 Å². The first-order chi connectivity index (χ1) is 14.8. The van der Waals surface area contributed by atoms with Crippen molar-refractivity contribution in [3.63, 3.8) is 0 Å². The Hall–Kier alpha value is -2.38. The van der Waals surface area contributed by atoms with E-state index in [1.807, 2.05) is 43.0 Å². The summed E-state index contributed by atoms with van der Waals surface area (Å²) in [6.07, 6.45) is 0.139. The maximum Gasteiger partial charge on any atom is 0.254 e. The molecule has 2 N–H and O–H groups in total. The highest BCUT2D eigenvalue weighted by molar-refractivity contribution is 7.10. The Morgan fingerprint density at radius 3 is 2.42 bits per heavy atom. The highest BCUT2D eigenvalue weighted by Crippen LogP contribution is 2.26. The number of aliphatic imine (C=N–C) groups is 1. The van der Waals surface area contributed by atoms with Gasteiger partial charge in [0, 0.05) is 49.1 Å². The van der Waals surface area contributed by atoms with Gasteiger partial charge in [-0.3, -0.25) is 9.79 Å². The second-order valence-corrected chi connectivity index (χ2v) is 9.75. The van der Waals surface area contributed by atoms with Crippen LogP contribution in [0.25, 0.3) is 0 Å². The summed E-state index contributed by atoms with van der Waals surface area (Å²) < 4.78 is 5.73. The van der Waals surface area contributed by atoms with Gasteiger partial charge in [0.2, 0.25) is 0 Å². The predicted molar refractivity (Wildman–Crippen MR) is 128 cm³/mol. The van der Waals surface area contributed by atoms with Gasteiger partial charge in [0.1, 0.15) is 0 Å². The standard InChI is InChI=1S/C24H34N4O2S/c1-17-14-28(15-18(2)30-17)22(29)20-10-8-19(9-11-20)13-26-23(25-5)27-16-24(3,4)21-7-6-12-31-21/h6-12,17-18H,13-16H2,1-5H3,(H2,25,26,27). The summed E-state index contributed by atoms with van der Waals surface area (Å²) in [5.41, 5.74) is 1.84. The predicted octanol–water partition coefficient (Wildman–Crippen LogP) is 3.64. The molecule has 31 heavy (non-hydrogen) atoms. The summed E-state index contributed by atoms with van der Waals surface area (Å²) in [5, 5.41) is 8.89.